The van der Waals surface area contributed by atoms with Crippen LogP contribution >= 0.6 is 11.6 Å². The van der Waals surface area contributed by atoms with E-state index in [1.165, 1.54) is 4.90 Å². The van der Waals surface area contributed by atoms with Gasteiger partial charge in [-0.15, -0.1) is 0 Å². The van der Waals surface area contributed by atoms with E-state index in [2.05, 4.69) is 20.9 Å². The van der Waals surface area contributed by atoms with E-state index in [9.17, 15) is 4.79 Å². The molecular weight excluding hydrogens is 238 g/mol. The van der Waals surface area contributed by atoms with Gasteiger partial charge in [-0.2, -0.15) is 0 Å². The standard InChI is InChI=1S/C13H18ClNO2/c1-10(2)15(3)8-9-17-13(16)11-6-4-5-7-12(11)14/h4-7,10H,8-9H2,1-3H3/p+1. The van der Waals surface area contributed by atoms with Crippen LogP contribution in [0.3, 0.4) is 0 Å². The average Bonchev–Trinajstić information content (AvgIpc) is 2.29. The quantitative estimate of drug-likeness (QED) is 0.808. The van der Waals surface area contributed by atoms with E-state index >= 15 is 0 Å². The minimum absolute atomic E-state index is 0.354. The van der Waals surface area contributed by atoms with Crippen LogP contribution in [0.5, 0.6) is 0 Å². The van der Waals surface area contributed by atoms with E-state index in [0.29, 0.717) is 23.2 Å². The molecule has 1 aromatic rings. The minimum atomic E-state index is -0.354. The second-order valence-corrected chi connectivity index (χ2v) is 4.77. The Bertz CT molecular complexity index is 379. The molecular formula is C13H19ClNO2+. The van der Waals surface area contributed by atoms with E-state index in [0.717, 1.165) is 6.54 Å². The highest BCUT2D eigenvalue weighted by Crippen LogP contribution is 2.15. The van der Waals surface area contributed by atoms with Crippen molar-refractivity contribution in [3.05, 3.63) is 34.9 Å². The van der Waals surface area contributed by atoms with Crippen LogP contribution in [0.15, 0.2) is 24.3 Å². The lowest BCUT2D eigenvalue weighted by atomic mass is 10.2. The van der Waals surface area contributed by atoms with Crippen molar-refractivity contribution >= 4 is 17.6 Å². The number of nitrogens with one attached hydrogen (secondary N) is 1. The van der Waals surface area contributed by atoms with E-state index < -0.39 is 0 Å². The van der Waals surface area contributed by atoms with Crippen LogP contribution in [-0.2, 0) is 4.74 Å². The summed E-state index contributed by atoms with van der Waals surface area (Å²) >= 11 is 5.90. The Kier molecular flexibility index (Phi) is 5.45. The molecule has 1 N–H and O–H groups in total. The first-order valence-electron chi connectivity index (χ1n) is 5.76. The highest BCUT2D eigenvalue weighted by molar-refractivity contribution is 6.33. The number of hydrogen-bond acceptors (Lipinski definition) is 2. The molecule has 0 spiro atoms. The normalized spacial score (nSPS) is 12.5. The first-order valence-corrected chi connectivity index (χ1v) is 6.14. The summed E-state index contributed by atoms with van der Waals surface area (Å²) in [5.74, 6) is -0.354. The summed E-state index contributed by atoms with van der Waals surface area (Å²) in [6.45, 7) is 5.47. The molecule has 0 amide bonds. The van der Waals surface area contributed by atoms with Crippen LogP contribution in [0.1, 0.15) is 24.2 Å². The summed E-state index contributed by atoms with van der Waals surface area (Å²) in [7, 11) is 2.08. The molecule has 1 aromatic carbocycles. The zero-order valence-electron chi connectivity index (χ0n) is 10.5. The van der Waals surface area contributed by atoms with Gasteiger partial charge >= 0.3 is 5.97 Å². The van der Waals surface area contributed by atoms with Gasteiger partial charge in [0.05, 0.1) is 23.7 Å². The first-order chi connectivity index (χ1) is 8.02. The maximum Gasteiger partial charge on any atom is 0.339 e. The van der Waals surface area contributed by atoms with Crippen LogP contribution in [-0.4, -0.2) is 32.2 Å². The molecule has 94 valence electrons. The highest BCUT2D eigenvalue weighted by atomic mass is 35.5. The third kappa shape index (κ3) is 4.36. The number of carbonyl (C=O) groups excluding carboxylic acids is 1. The predicted octanol–water partition coefficient (Wildman–Crippen LogP) is 1.42. The number of esters is 1. The fourth-order valence-corrected chi connectivity index (χ4v) is 1.51. The zero-order valence-corrected chi connectivity index (χ0v) is 11.3. The van der Waals surface area contributed by atoms with Gasteiger partial charge in [0, 0.05) is 0 Å². The first kappa shape index (κ1) is 14.0. The fourth-order valence-electron chi connectivity index (χ4n) is 1.30. The summed E-state index contributed by atoms with van der Waals surface area (Å²) in [6.07, 6.45) is 0. The number of ether oxygens (including phenoxy) is 1. The maximum atomic E-state index is 11.7. The number of hydrogen-bond donors (Lipinski definition) is 1. The van der Waals surface area contributed by atoms with Gasteiger partial charge in [0.15, 0.2) is 0 Å². The molecule has 0 aliphatic heterocycles. The van der Waals surface area contributed by atoms with E-state index in [1.807, 2.05) is 0 Å². The van der Waals surface area contributed by atoms with Crippen molar-refractivity contribution in [1.82, 2.24) is 0 Å². The molecule has 1 unspecified atom stereocenters. The molecule has 0 saturated heterocycles. The van der Waals surface area contributed by atoms with E-state index in [1.54, 1.807) is 24.3 Å². The molecule has 0 aliphatic carbocycles. The Morgan fingerprint density at radius 1 is 1.41 bits per heavy atom. The summed E-state index contributed by atoms with van der Waals surface area (Å²) in [5.41, 5.74) is 0.427. The zero-order chi connectivity index (χ0) is 12.8. The van der Waals surface area contributed by atoms with E-state index in [4.69, 9.17) is 16.3 Å². The van der Waals surface area contributed by atoms with Crippen LogP contribution in [0.25, 0.3) is 0 Å². The van der Waals surface area contributed by atoms with Gasteiger partial charge < -0.3 is 9.64 Å². The van der Waals surface area contributed by atoms with Crippen molar-refractivity contribution in [3.8, 4) is 0 Å². The summed E-state index contributed by atoms with van der Waals surface area (Å²) < 4.78 is 5.19. The summed E-state index contributed by atoms with van der Waals surface area (Å²) in [5, 5.41) is 0.432. The van der Waals surface area contributed by atoms with Crippen LogP contribution in [0.2, 0.25) is 5.02 Å². The van der Waals surface area contributed by atoms with Crippen molar-refractivity contribution in [2.24, 2.45) is 0 Å². The SMILES string of the molecule is CC(C)[NH+](C)CCOC(=O)c1ccccc1Cl. The molecule has 3 nitrogen and oxygen atoms in total. The number of likely N-dealkylation sites (N-methyl/N-ethyl adjacent to an activating group) is 1. The Balaban J connectivity index is 2.43. The van der Waals surface area contributed by atoms with Gasteiger partial charge in [0.2, 0.25) is 0 Å². The Morgan fingerprint density at radius 2 is 2.06 bits per heavy atom. The summed E-state index contributed by atoms with van der Waals surface area (Å²) in [6, 6.07) is 7.44. The van der Waals surface area contributed by atoms with Crippen molar-refractivity contribution in [2.45, 2.75) is 19.9 Å². The molecule has 0 heterocycles. The Labute approximate surface area is 107 Å². The number of quaternary nitrogens is 1. The van der Waals surface area contributed by atoms with E-state index in [-0.39, 0.29) is 5.97 Å². The molecule has 17 heavy (non-hydrogen) atoms. The molecule has 4 heteroatoms. The molecule has 0 bridgehead atoms. The maximum absolute atomic E-state index is 11.7. The average molecular weight is 257 g/mol. The lowest BCUT2D eigenvalue weighted by Crippen LogP contribution is -3.12. The number of carbonyl (C=O) groups is 1. The molecule has 0 saturated carbocycles. The van der Waals surface area contributed by atoms with Gasteiger partial charge in [-0.25, -0.2) is 4.79 Å². The van der Waals surface area contributed by atoms with Crippen LogP contribution in [0, 0.1) is 0 Å². The largest absolute Gasteiger partial charge is 0.456 e. The third-order valence-corrected chi connectivity index (χ3v) is 3.14. The van der Waals surface area contributed by atoms with Gasteiger partial charge in [0.25, 0.3) is 0 Å². The van der Waals surface area contributed by atoms with Crippen molar-refractivity contribution < 1.29 is 14.4 Å². The van der Waals surface area contributed by atoms with Crippen LogP contribution < -0.4 is 4.90 Å². The monoisotopic (exact) mass is 256 g/mol. The molecule has 1 rings (SSSR count). The van der Waals surface area contributed by atoms with Gasteiger partial charge in [-0.3, -0.25) is 0 Å². The predicted molar refractivity (Wildman–Crippen MR) is 68.6 cm³/mol. The van der Waals surface area contributed by atoms with Gasteiger partial charge in [-0.05, 0) is 26.0 Å². The van der Waals surface area contributed by atoms with Crippen LogP contribution in [0.4, 0.5) is 0 Å². The van der Waals surface area contributed by atoms with Crippen molar-refractivity contribution in [2.75, 3.05) is 20.2 Å². The Morgan fingerprint density at radius 3 is 2.65 bits per heavy atom. The van der Waals surface area contributed by atoms with Crippen molar-refractivity contribution in [1.29, 1.82) is 0 Å². The molecule has 0 aromatic heterocycles. The summed E-state index contributed by atoms with van der Waals surface area (Å²) in [4.78, 5) is 13.0. The van der Waals surface area contributed by atoms with Crippen molar-refractivity contribution in [3.63, 3.8) is 0 Å². The highest BCUT2D eigenvalue weighted by Gasteiger charge is 2.12. The van der Waals surface area contributed by atoms with Gasteiger partial charge in [-0.1, -0.05) is 23.7 Å². The molecule has 1 atom stereocenters. The third-order valence-electron chi connectivity index (χ3n) is 2.81. The topological polar surface area (TPSA) is 30.7 Å². The second-order valence-electron chi connectivity index (χ2n) is 4.37. The number of rotatable bonds is 5. The smallest absolute Gasteiger partial charge is 0.339 e. The fraction of sp³-hybridized carbons (Fsp3) is 0.462. The lowest BCUT2D eigenvalue weighted by molar-refractivity contribution is -0.901. The molecule has 0 radical (unpaired) electrons. The number of halogens is 1. The Hall–Kier alpha value is -1.06. The van der Waals surface area contributed by atoms with Gasteiger partial charge in [0.1, 0.15) is 13.2 Å². The minimum Gasteiger partial charge on any atom is -0.456 e. The number of benzene rings is 1. The molecule has 0 fully saturated rings. The molecule has 0 aliphatic rings. The lowest BCUT2D eigenvalue weighted by Gasteiger charge is -2.17. The second kappa shape index (κ2) is 6.62.